The second-order valence-corrected chi connectivity index (χ2v) is 6.77. The number of carboxylic acids is 1. The number of anilines is 1. The van der Waals surface area contributed by atoms with E-state index in [0.29, 0.717) is 17.3 Å². The Morgan fingerprint density at radius 1 is 1.00 bits per heavy atom. The number of likely N-dealkylation sites (tertiary alicyclic amines) is 1. The number of carbonyl (C=O) groups is 5. The largest absolute Gasteiger partial charge is 0.478 e. The molecule has 8 nitrogen and oxygen atoms in total. The molecule has 1 atom stereocenters. The highest BCUT2D eigenvalue weighted by Gasteiger charge is 2.56. The van der Waals surface area contributed by atoms with Gasteiger partial charge in [-0.05, 0) is 29.8 Å². The lowest BCUT2D eigenvalue weighted by atomic mass is 9.73. The number of hydrogen-bond acceptors (Lipinski definition) is 5. The number of imide groups is 1. The molecular weight excluding hydrogens is 388 g/mol. The lowest BCUT2D eigenvalue weighted by molar-refractivity contribution is -0.137. The van der Waals surface area contributed by atoms with Crippen molar-refractivity contribution in [2.45, 2.75) is 11.8 Å². The van der Waals surface area contributed by atoms with E-state index in [4.69, 9.17) is 5.11 Å². The molecule has 0 radical (unpaired) electrons. The summed E-state index contributed by atoms with van der Waals surface area (Å²) in [6.07, 6.45) is 1.31. The number of aliphatic carboxylic acids is 1. The van der Waals surface area contributed by atoms with Crippen LogP contribution >= 0.6 is 0 Å². The van der Waals surface area contributed by atoms with Crippen LogP contribution in [0.3, 0.4) is 0 Å². The van der Waals surface area contributed by atoms with Crippen LogP contribution in [0.5, 0.6) is 0 Å². The van der Waals surface area contributed by atoms with Crippen LogP contribution in [0.4, 0.5) is 5.69 Å². The van der Waals surface area contributed by atoms with Gasteiger partial charge in [-0.1, -0.05) is 30.3 Å². The summed E-state index contributed by atoms with van der Waals surface area (Å²) >= 11 is 0. The fraction of sp³-hybridized carbons (Fsp3) is 0.136. The molecule has 3 amide bonds. The Kier molecular flexibility index (Phi) is 5.59. The number of nitrogens with zero attached hydrogens (tertiary/aromatic N) is 1. The van der Waals surface area contributed by atoms with Crippen LogP contribution in [-0.4, -0.2) is 46.5 Å². The summed E-state index contributed by atoms with van der Waals surface area (Å²) < 4.78 is 0. The first-order chi connectivity index (χ1) is 14.3. The van der Waals surface area contributed by atoms with E-state index in [2.05, 4.69) is 5.32 Å². The Hall–Kier alpha value is -4.07. The average molecular weight is 406 g/mol. The molecule has 3 rings (SSSR count). The zero-order chi connectivity index (χ0) is 21.9. The Labute approximate surface area is 171 Å². The zero-order valence-electron chi connectivity index (χ0n) is 16.0. The van der Waals surface area contributed by atoms with Crippen LogP contribution in [0.25, 0.3) is 0 Å². The quantitative estimate of drug-likeness (QED) is 0.326. The molecule has 8 heteroatoms. The summed E-state index contributed by atoms with van der Waals surface area (Å²) in [6, 6.07) is 14.2. The van der Waals surface area contributed by atoms with E-state index in [9.17, 15) is 24.0 Å². The van der Waals surface area contributed by atoms with Crippen LogP contribution in [0.2, 0.25) is 0 Å². The fourth-order valence-corrected chi connectivity index (χ4v) is 3.36. The van der Waals surface area contributed by atoms with Gasteiger partial charge in [0.25, 0.3) is 0 Å². The maximum Gasteiger partial charge on any atom is 0.328 e. The molecule has 2 aromatic carbocycles. The number of rotatable bonds is 6. The molecule has 2 N–H and O–H groups in total. The highest BCUT2D eigenvalue weighted by molar-refractivity contribution is 6.26. The molecule has 152 valence electrons. The minimum Gasteiger partial charge on any atom is -0.478 e. The smallest absolute Gasteiger partial charge is 0.328 e. The van der Waals surface area contributed by atoms with Gasteiger partial charge in [0.05, 0.1) is 6.42 Å². The number of carboxylic acid groups (broad SMARTS) is 1. The summed E-state index contributed by atoms with van der Waals surface area (Å²) in [5.74, 6) is -3.43. The van der Waals surface area contributed by atoms with E-state index in [1.165, 1.54) is 31.3 Å². The van der Waals surface area contributed by atoms with Gasteiger partial charge in [0.2, 0.25) is 17.7 Å². The monoisotopic (exact) mass is 406 g/mol. The summed E-state index contributed by atoms with van der Waals surface area (Å²) in [7, 11) is 1.35. The van der Waals surface area contributed by atoms with Crippen LogP contribution in [-0.2, 0) is 24.6 Å². The molecule has 0 saturated carbocycles. The van der Waals surface area contributed by atoms with Crippen molar-refractivity contribution < 1.29 is 29.1 Å². The second kappa shape index (κ2) is 8.12. The molecule has 1 saturated heterocycles. The van der Waals surface area contributed by atoms with E-state index in [1.807, 2.05) is 0 Å². The highest BCUT2D eigenvalue weighted by Crippen LogP contribution is 2.39. The number of ketones is 1. The third-order valence-corrected chi connectivity index (χ3v) is 4.91. The molecule has 30 heavy (non-hydrogen) atoms. The minimum absolute atomic E-state index is 0.203. The number of amides is 3. The summed E-state index contributed by atoms with van der Waals surface area (Å²) in [4.78, 5) is 61.7. The maximum atomic E-state index is 13.4. The molecule has 1 unspecified atom stereocenters. The van der Waals surface area contributed by atoms with Crippen molar-refractivity contribution in [1.29, 1.82) is 0 Å². The van der Waals surface area contributed by atoms with Gasteiger partial charge in [0.15, 0.2) is 5.78 Å². The molecule has 2 aromatic rings. The van der Waals surface area contributed by atoms with Gasteiger partial charge < -0.3 is 10.4 Å². The van der Waals surface area contributed by atoms with E-state index < -0.39 is 34.9 Å². The zero-order valence-corrected chi connectivity index (χ0v) is 16.0. The molecule has 1 aliphatic rings. The van der Waals surface area contributed by atoms with Gasteiger partial charge in [0.1, 0.15) is 5.41 Å². The SMILES string of the molecule is CN1C(=O)CC(C(=O)c2ccc(NC(=O)/C=C\C(=O)O)cc2)(c2ccccc2)C1=O. The molecule has 0 aliphatic carbocycles. The van der Waals surface area contributed by atoms with Gasteiger partial charge in [0, 0.05) is 30.5 Å². The molecule has 1 aliphatic heterocycles. The maximum absolute atomic E-state index is 13.4. The average Bonchev–Trinajstić information content (AvgIpc) is 2.98. The van der Waals surface area contributed by atoms with Crippen LogP contribution in [0.15, 0.2) is 66.7 Å². The summed E-state index contributed by atoms with van der Waals surface area (Å²) in [5.41, 5.74) is -0.656. The van der Waals surface area contributed by atoms with Crippen molar-refractivity contribution in [2.75, 3.05) is 12.4 Å². The Morgan fingerprint density at radius 3 is 2.17 bits per heavy atom. The fourth-order valence-electron chi connectivity index (χ4n) is 3.36. The summed E-state index contributed by atoms with van der Waals surface area (Å²) in [6.45, 7) is 0. The number of hydrogen-bond donors (Lipinski definition) is 2. The molecule has 0 spiro atoms. The Morgan fingerprint density at radius 2 is 1.63 bits per heavy atom. The van der Waals surface area contributed by atoms with Gasteiger partial charge >= 0.3 is 5.97 Å². The Balaban J connectivity index is 1.91. The van der Waals surface area contributed by atoms with Crippen molar-refractivity contribution in [3.8, 4) is 0 Å². The molecular formula is C22H18N2O6. The highest BCUT2D eigenvalue weighted by atomic mass is 16.4. The van der Waals surface area contributed by atoms with Gasteiger partial charge in [-0.3, -0.25) is 24.1 Å². The number of nitrogens with one attached hydrogen (secondary N) is 1. The van der Waals surface area contributed by atoms with Gasteiger partial charge in [-0.15, -0.1) is 0 Å². The number of carbonyl (C=O) groups excluding carboxylic acids is 4. The normalized spacial score (nSPS) is 18.6. The summed E-state index contributed by atoms with van der Waals surface area (Å²) in [5, 5.41) is 11.0. The van der Waals surface area contributed by atoms with E-state index >= 15 is 0 Å². The topological polar surface area (TPSA) is 121 Å². The predicted octanol–water partition coefficient (Wildman–Crippen LogP) is 1.78. The number of benzene rings is 2. The molecule has 1 heterocycles. The number of likely N-dealkylation sites (N-methyl/N-ethyl adjacent to an activating group) is 1. The van der Waals surface area contributed by atoms with Crippen molar-refractivity contribution in [1.82, 2.24) is 4.90 Å². The third-order valence-electron chi connectivity index (χ3n) is 4.91. The lowest BCUT2D eigenvalue weighted by Gasteiger charge is -2.25. The van der Waals surface area contributed by atoms with Crippen LogP contribution < -0.4 is 5.32 Å². The first-order valence-electron chi connectivity index (χ1n) is 8.99. The molecule has 1 fully saturated rings. The first kappa shape index (κ1) is 20.7. The van der Waals surface area contributed by atoms with Crippen molar-refractivity contribution in [3.05, 3.63) is 77.9 Å². The molecule has 0 aromatic heterocycles. The second-order valence-electron chi connectivity index (χ2n) is 6.77. The van der Waals surface area contributed by atoms with Gasteiger partial charge in [-0.25, -0.2) is 4.79 Å². The van der Waals surface area contributed by atoms with Crippen molar-refractivity contribution in [3.63, 3.8) is 0 Å². The van der Waals surface area contributed by atoms with Crippen molar-refractivity contribution in [2.24, 2.45) is 0 Å². The predicted molar refractivity (Wildman–Crippen MR) is 107 cm³/mol. The molecule has 0 bridgehead atoms. The van der Waals surface area contributed by atoms with Crippen LogP contribution in [0, 0.1) is 0 Å². The first-order valence-corrected chi connectivity index (χ1v) is 8.99. The standard InChI is InChI=1S/C22H18N2O6/c1-24-18(26)13-22(21(24)30,15-5-3-2-4-6-15)20(29)14-7-9-16(10-8-14)23-17(25)11-12-19(27)28/h2-12H,13H2,1H3,(H,23,25)(H,27,28)/b12-11-. The third kappa shape index (κ3) is 3.75. The number of Topliss-reactive ketones (excluding diaryl/α,β-unsaturated/α-hetero) is 1. The lowest BCUT2D eigenvalue weighted by Crippen LogP contribution is -2.43. The van der Waals surface area contributed by atoms with E-state index in [-0.39, 0.29) is 12.0 Å². The minimum atomic E-state index is -1.64. The van der Waals surface area contributed by atoms with Gasteiger partial charge in [-0.2, -0.15) is 0 Å². The van der Waals surface area contributed by atoms with Crippen molar-refractivity contribution >= 4 is 35.2 Å². The van der Waals surface area contributed by atoms with E-state index in [1.54, 1.807) is 30.3 Å². The Bertz CT molecular complexity index is 1060. The van der Waals surface area contributed by atoms with Crippen LogP contribution in [0.1, 0.15) is 22.3 Å². The van der Waals surface area contributed by atoms with E-state index in [0.717, 1.165) is 11.0 Å².